The molecule has 2 atom stereocenters. The van der Waals surface area contributed by atoms with Gasteiger partial charge in [0, 0.05) is 11.7 Å². The van der Waals surface area contributed by atoms with Gasteiger partial charge in [-0.05, 0) is 20.8 Å². The van der Waals surface area contributed by atoms with Crippen LogP contribution in [0, 0.1) is 5.92 Å². The van der Waals surface area contributed by atoms with Crippen molar-refractivity contribution in [2.45, 2.75) is 33.7 Å². The van der Waals surface area contributed by atoms with Crippen molar-refractivity contribution in [1.29, 1.82) is 0 Å². The van der Waals surface area contributed by atoms with E-state index in [9.17, 15) is 9.59 Å². The lowest BCUT2D eigenvalue weighted by molar-refractivity contribution is -0.137. The van der Waals surface area contributed by atoms with Crippen LogP contribution < -0.4 is 11.1 Å². The summed E-state index contributed by atoms with van der Waals surface area (Å²) in [7, 11) is 0. The molecule has 2 unspecified atom stereocenters. The number of thiol groups is 1. The Kier molecular flexibility index (Phi) is 6.91. The number of carbonyl (C=O) groups excluding carboxylic acids is 2. The van der Waals surface area contributed by atoms with Crippen LogP contribution in [0.25, 0.3) is 0 Å². The molecule has 0 aliphatic carbocycles. The first-order valence-electron chi connectivity index (χ1n) is 5.44. The van der Waals surface area contributed by atoms with Crippen molar-refractivity contribution in [3.8, 4) is 0 Å². The van der Waals surface area contributed by atoms with E-state index in [1.54, 1.807) is 27.7 Å². The second kappa shape index (κ2) is 7.34. The van der Waals surface area contributed by atoms with E-state index in [0.29, 0.717) is 5.70 Å². The highest BCUT2D eigenvalue weighted by Crippen LogP contribution is 2.10. The quantitative estimate of drug-likeness (QED) is 0.388. The molecule has 6 heteroatoms. The number of nitrogens with two attached hydrogens (primary N) is 1. The first kappa shape index (κ1) is 16.0. The van der Waals surface area contributed by atoms with Gasteiger partial charge in [0.15, 0.2) is 0 Å². The summed E-state index contributed by atoms with van der Waals surface area (Å²) >= 11 is 4.01. The second-order valence-electron chi connectivity index (χ2n) is 3.83. The van der Waals surface area contributed by atoms with Crippen molar-refractivity contribution >= 4 is 24.5 Å². The maximum absolute atomic E-state index is 11.7. The number of allylic oxidation sites excluding steroid dienone is 1. The van der Waals surface area contributed by atoms with Gasteiger partial charge in [0.05, 0.1) is 12.5 Å². The molecule has 0 aliphatic rings. The van der Waals surface area contributed by atoms with Crippen LogP contribution in [-0.4, -0.2) is 24.5 Å². The van der Waals surface area contributed by atoms with E-state index in [0.717, 1.165) is 0 Å². The Hall–Kier alpha value is -1.01. The zero-order valence-electron chi connectivity index (χ0n) is 10.6. The van der Waals surface area contributed by atoms with E-state index < -0.39 is 5.97 Å². The van der Waals surface area contributed by atoms with Gasteiger partial charge in [-0.15, -0.1) is 12.6 Å². The smallest absolute Gasteiger partial charge is 0.346 e. The lowest BCUT2D eigenvalue weighted by Crippen LogP contribution is -2.38. The standard InChI is InChI=1S/C11H20N2O3S/c1-5-16-11(15)9(17)8(4)13-10(14)6(2)7(3)12/h6-7,17H,5,12H2,1-4H3,(H,13,14). The van der Waals surface area contributed by atoms with Crippen molar-refractivity contribution in [2.75, 3.05) is 6.61 Å². The maximum Gasteiger partial charge on any atom is 0.346 e. The average molecular weight is 260 g/mol. The average Bonchev–Trinajstić information content (AvgIpc) is 2.26. The highest BCUT2D eigenvalue weighted by Gasteiger charge is 2.19. The van der Waals surface area contributed by atoms with Gasteiger partial charge in [-0.3, -0.25) is 4.79 Å². The van der Waals surface area contributed by atoms with E-state index in [2.05, 4.69) is 17.9 Å². The van der Waals surface area contributed by atoms with Gasteiger partial charge in [-0.25, -0.2) is 4.79 Å². The SMILES string of the molecule is CCOC(=O)C(S)=C(C)NC(=O)C(C)C(C)N. The molecule has 0 aromatic rings. The summed E-state index contributed by atoms with van der Waals surface area (Å²) in [5.74, 6) is -1.14. The van der Waals surface area contributed by atoms with Crippen LogP contribution in [-0.2, 0) is 14.3 Å². The molecule has 3 N–H and O–H groups in total. The molecule has 1 amide bonds. The lowest BCUT2D eigenvalue weighted by atomic mass is 10.0. The Morgan fingerprint density at radius 2 is 1.94 bits per heavy atom. The molecule has 98 valence electrons. The predicted molar refractivity (Wildman–Crippen MR) is 69.3 cm³/mol. The summed E-state index contributed by atoms with van der Waals surface area (Å²) in [5.41, 5.74) is 5.97. The Morgan fingerprint density at radius 3 is 2.35 bits per heavy atom. The highest BCUT2D eigenvalue weighted by molar-refractivity contribution is 7.85. The number of hydrogen-bond acceptors (Lipinski definition) is 5. The molecule has 0 spiro atoms. The minimum absolute atomic E-state index is 0.0945. The predicted octanol–water partition coefficient (Wildman–Crippen LogP) is 0.810. The molecular formula is C11H20N2O3S. The van der Waals surface area contributed by atoms with E-state index in [-0.39, 0.29) is 29.4 Å². The molecule has 0 saturated carbocycles. The summed E-state index contributed by atoms with van der Waals surface area (Å²) < 4.78 is 4.77. The monoisotopic (exact) mass is 260 g/mol. The van der Waals surface area contributed by atoms with Crippen LogP contribution in [0.15, 0.2) is 10.6 Å². The fourth-order valence-electron chi connectivity index (χ4n) is 0.949. The minimum Gasteiger partial charge on any atom is -0.462 e. The Morgan fingerprint density at radius 1 is 1.41 bits per heavy atom. The number of ether oxygens (including phenoxy) is 1. The molecule has 0 saturated heterocycles. The first-order valence-corrected chi connectivity index (χ1v) is 5.89. The summed E-state index contributed by atoms with van der Waals surface area (Å²) in [5, 5.41) is 2.58. The van der Waals surface area contributed by atoms with E-state index in [4.69, 9.17) is 10.5 Å². The van der Waals surface area contributed by atoms with Crippen molar-refractivity contribution in [3.63, 3.8) is 0 Å². The van der Waals surface area contributed by atoms with Crippen molar-refractivity contribution < 1.29 is 14.3 Å². The molecule has 0 heterocycles. The van der Waals surface area contributed by atoms with Crippen LogP contribution in [0.4, 0.5) is 0 Å². The molecule has 0 aromatic heterocycles. The van der Waals surface area contributed by atoms with Gasteiger partial charge in [-0.1, -0.05) is 6.92 Å². The summed E-state index contributed by atoms with van der Waals surface area (Å²) in [6.45, 7) is 7.02. The maximum atomic E-state index is 11.7. The summed E-state index contributed by atoms with van der Waals surface area (Å²) in [6, 6.07) is -0.256. The van der Waals surface area contributed by atoms with Gasteiger partial charge in [0.1, 0.15) is 4.91 Å². The van der Waals surface area contributed by atoms with E-state index in [1.807, 2.05) is 0 Å². The fourth-order valence-corrected chi connectivity index (χ4v) is 1.07. The van der Waals surface area contributed by atoms with Crippen LogP contribution >= 0.6 is 12.6 Å². The van der Waals surface area contributed by atoms with Gasteiger partial charge in [0.2, 0.25) is 5.91 Å². The second-order valence-corrected chi connectivity index (χ2v) is 4.28. The number of nitrogens with one attached hydrogen (secondary N) is 1. The Bertz CT molecular complexity index is 327. The Balaban J connectivity index is 4.62. The van der Waals surface area contributed by atoms with Gasteiger partial charge in [0.25, 0.3) is 0 Å². The molecule has 0 bridgehead atoms. The number of rotatable bonds is 5. The van der Waals surface area contributed by atoms with Crippen LogP contribution in [0.3, 0.4) is 0 Å². The lowest BCUT2D eigenvalue weighted by Gasteiger charge is -2.16. The third kappa shape index (κ3) is 5.23. The van der Waals surface area contributed by atoms with E-state index >= 15 is 0 Å². The largest absolute Gasteiger partial charge is 0.462 e. The number of hydrogen-bond donors (Lipinski definition) is 3. The fraction of sp³-hybridized carbons (Fsp3) is 0.636. The third-order valence-electron chi connectivity index (χ3n) is 2.34. The zero-order chi connectivity index (χ0) is 13.6. The van der Waals surface area contributed by atoms with Crippen molar-refractivity contribution in [3.05, 3.63) is 10.6 Å². The van der Waals surface area contributed by atoms with Crippen molar-refractivity contribution in [2.24, 2.45) is 11.7 Å². The molecule has 0 aliphatic heterocycles. The minimum atomic E-state index is -0.554. The number of amides is 1. The highest BCUT2D eigenvalue weighted by atomic mass is 32.1. The first-order chi connectivity index (χ1) is 7.81. The van der Waals surface area contributed by atoms with Gasteiger partial charge in [-0.2, -0.15) is 0 Å². The van der Waals surface area contributed by atoms with Crippen molar-refractivity contribution in [1.82, 2.24) is 5.32 Å². The normalized spacial score (nSPS) is 15.6. The zero-order valence-corrected chi connectivity index (χ0v) is 11.5. The molecule has 5 nitrogen and oxygen atoms in total. The topological polar surface area (TPSA) is 81.4 Å². The van der Waals surface area contributed by atoms with Crippen LogP contribution in [0.1, 0.15) is 27.7 Å². The Labute approximate surface area is 107 Å². The molecule has 0 radical (unpaired) electrons. The third-order valence-corrected chi connectivity index (χ3v) is 2.85. The summed E-state index contributed by atoms with van der Waals surface area (Å²) in [6.07, 6.45) is 0. The van der Waals surface area contributed by atoms with Crippen LogP contribution in [0.5, 0.6) is 0 Å². The van der Waals surface area contributed by atoms with Gasteiger partial charge < -0.3 is 15.8 Å². The molecular weight excluding hydrogens is 240 g/mol. The molecule has 0 rings (SSSR count). The number of esters is 1. The number of carbonyl (C=O) groups is 2. The van der Waals surface area contributed by atoms with Crippen LogP contribution in [0.2, 0.25) is 0 Å². The molecule has 0 fully saturated rings. The van der Waals surface area contributed by atoms with E-state index in [1.165, 1.54) is 0 Å². The summed E-state index contributed by atoms with van der Waals surface area (Å²) in [4.78, 5) is 23.1. The van der Waals surface area contributed by atoms with Gasteiger partial charge >= 0.3 is 5.97 Å². The molecule has 17 heavy (non-hydrogen) atoms. The molecule has 0 aromatic carbocycles.